The lowest BCUT2D eigenvalue weighted by Gasteiger charge is -2.35. The first-order valence-electron chi connectivity index (χ1n) is 10.5. The van der Waals surface area contributed by atoms with E-state index in [-0.39, 0.29) is 30.9 Å². The molecule has 6 heteroatoms. The summed E-state index contributed by atoms with van der Waals surface area (Å²) in [6.45, 7) is 8.05. The average molecular weight is 473 g/mol. The van der Waals surface area contributed by atoms with Crippen molar-refractivity contribution in [1.29, 1.82) is 0 Å². The fourth-order valence-corrected chi connectivity index (χ4v) is 3.77. The summed E-state index contributed by atoms with van der Waals surface area (Å²) in [6.07, 6.45) is 2.89. The molecule has 1 N–H and O–H groups in total. The lowest BCUT2D eigenvalue weighted by atomic mass is 10.0. The van der Waals surface area contributed by atoms with Gasteiger partial charge in [-0.2, -0.15) is 0 Å². The molecule has 0 radical (unpaired) electrons. The van der Waals surface area contributed by atoms with Crippen molar-refractivity contribution in [3.63, 3.8) is 0 Å². The summed E-state index contributed by atoms with van der Waals surface area (Å²) < 4.78 is 12.4. The maximum atomic E-state index is 6.26. The highest BCUT2D eigenvalue weighted by Gasteiger charge is 2.22. The Morgan fingerprint density at radius 2 is 1.38 bits per heavy atom. The van der Waals surface area contributed by atoms with E-state index in [1.165, 1.54) is 5.56 Å². The van der Waals surface area contributed by atoms with E-state index in [1.807, 2.05) is 72.8 Å². The molecule has 1 aliphatic rings. The normalized spacial score (nSPS) is 14.4. The van der Waals surface area contributed by atoms with E-state index in [9.17, 15) is 0 Å². The maximum absolute atomic E-state index is 6.26. The molecule has 3 aromatic rings. The molecule has 0 amide bonds. The van der Waals surface area contributed by atoms with Crippen molar-refractivity contribution < 1.29 is 9.47 Å². The smallest absolute Gasteiger partial charge is 0.170 e. The molecule has 0 aromatic heterocycles. The molecule has 0 saturated carbocycles. The summed E-state index contributed by atoms with van der Waals surface area (Å²) in [7, 11) is 0. The van der Waals surface area contributed by atoms with Crippen molar-refractivity contribution in [2.75, 3.05) is 26.2 Å². The van der Waals surface area contributed by atoms with Crippen LogP contribution in [0.4, 0.5) is 0 Å². The van der Waals surface area contributed by atoms with Crippen LogP contribution >= 0.6 is 24.8 Å². The minimum atomic E-state index is 0. The monoisotopic (exact) mass is 472 g/mol. The summed E-state index contributed by atoms with van der Waals surface area (Å²) in [5.74, 6) is 2.99. The molecule has 0 spiro atoms. The van der Waals surface area contributed by atoms with Crippen molar-refractivity contribution in [2.24, 2.45) is 0 Å². The molecule has 32 heavy (non-hydrogen) atoms. The molecule has 1 saturated heterocycles. The van der Waals surface area contributed by atoms with Gasteiger partial charge in [0.2, 0.25) is 0 Å². The summed E-state index contributed by atoms with van der Waals surface area (Å²) in [5, 5.41) is 3.43. The summed E-state index contributed by atoms with van der Waals surface area (Å²) in [6, 6.07) is 26.2. The lowest BCUT2D eigenvalue weighted by Crippen LogP contribution is -2.45. The van der Waals surface area contributed by atoms with Crippen LogP contribution < -0.4 is 14.8 Å². The Hall–Kier alpha value is -2.50. The Bertz CT molecular complexity index is 949. The van der Waals surface area contributed by atoms with Crippen molar-refractivity contribution in [3.05, 3.63) is 97.1 Å². The van der Waals surface area contributed by atoms with Crippen LogP contribution in [0.2, 0.25) is 0 Å². The van der Waals surface area contributed by atoms with Crippen LogP contribution in [0.25, 0.3) is 0 Å². The van der Waals surface area contributed by atoms with Gasteiger partial charge in [0.1, 0.15) is 11.5 Å². The van der Waals surface area contributed by atoms with Crippen LogP contribution in [0.1, 0.15) is 18.0 Å². The van der Waals surface area contributed by atoms with Gasteiger partial charge in [-0.15, -0.1) is 31.4 Å². The van der Waals surface area contributed by atoms with Gasteiger partial charge in [0.15, 0.2) is 11.5 Å². The topological polar surface area (TPSA) is 33.7 Å². The van der Waals surface area contributed by atoms with Crippen LogP contribution in [0, 0.1) is 0 Å². The number of piperazine rings is 1. The summed E-state index contributed by atoms with van der Waals surface area (Å²) in [5.41, 5.74) is 1.21. The number of para-hydroxylation sites is 2. The number of benzene rings is 3. The molecule has 170 valence electrons. The van der Waals surface area contributed by atoms with Crippen LogP contribution in [0.15, 0.2) is 91.5 Å². The minimum Gasteiger partial charge on any atom is -0.453 e. The molecule has 0 unspecified atom stereocenters. The van der Waals surface area contributed by atoms with E-state index < -0.39 is 0 Å². The second-order valence-corrected chi connectivity index (χ2v) is 7.36. The molecule has 1 heterocycles. The first-order valence-corrected chi connectivity index (χ1v) is 10.5. The molecule has 3 aromatic carbocycles. The zero-order chi connectivity index (χ0) is 20.6. The highest BCUT2D eigenvalue weighted by molar-refractivity contribution is 5.85. The molecular weight excluding hydrogens is 443 g/mol. The first-order chi connectivity index (χ1) is 14.8. The van der Waals surface area contributed by atoms with Gasteiger partial charge in [-0.3, -0.25) is 4.90 Å². The first kappa shape index (κ1) is 25.8. The van der Waals surface area contributed by atoms with E-state index >= 15 is 0 Å². The Labute approximate surface area is 203 Å². The Morgan fingerprint density at radius 3 is 1.94 bits per heavy atom. The van der Waals surface area contributed by atoms with Crippen LogP contribution in [0.5, 0.6) is 23.0 Å². The SMILES string of the molecule is C=CC[C@@H](c1ccc(Oc2ccccc2)c(Oc2ccccc2)c1)N1CCNCC1.Cl.Cl. The zero-order valence-electron chi connectivity index (χ0n) is 18.0. The number of nitrogens with zero attached hydrogens (tertiary/aromatic N) is 1. The van der Waals surface area contributed by atoms with Crippen LogP contribution in [0.3, 0.4) is 0 Å². The fraction of sp³-hybridized carbons (Fsp3) is 0.231. The molecule has 1 atom stereocenters. The standard InChI is InChI=1S/C26H28N2O2.2ClH/c1-2-9-24(28-18-16-27-17-19-28)21-14-15-25(29-22-10-5-3-6-11-22)26(20-21)30-23-12-7-4-8-13-23;;/h2-8,10-15,20,24,27H,1,9,16-19H2;2*1H/t24-;;/m0../s1. The van der Waals surface area contributed by atoms with Gasteiger partial charge in [-0.1, -0.05) is 48.5 Å². The van der Waals surface area contributed by atoms with Crippen LogP contribution in [-0.2, 0) is 0 Å². The number of halogens is 2. The Kier molecular flexibility index (Phi) is 10.6. The fourth-order valence-electron chi connectivity index (χ4n) is 3.77. The molecule has 4 nitrogen and oxygen atoms in total. The average Bonchev–Trinajstić information content (AvgIpc) is 2.81. The van der Waals surface area contributed by atoms with E-state index in [2.05, 4.69) is 28.9 Å². The Morgan fingerprint density at radius 1 is 0.812 bits per heavy atom. The molecule has 1 aliphatic heterocycles. The molecule has 4 rings (SSSR count). The maximum Gasteiger partial charge on any atom is 0.170 e. The number of nitrogens with one attached hydrogen (secondary N) is 1. The van der Waals surface area contributed by atoms with Gasteiger partial charge in [-0.05, 0) is 48.4 Å². The predicted molar refractivity (Wildman–Crippen MR) is 136 cm³/mol. The second-order valence-electron chi connectivity index (χ2n) is 7.36. The highest BCUT2D eigenvalue weighted by atomic mass is 35.5. The zero-order valence-corrected chi connectivity index (χ0v) is 19.6. The van der Waals surface area contributed by atoms with E-state index in [1.54, 1.807) is 0 Å². The van der Waals surface area contributed by atoms with Gasteiger partial charge in [0.05, 0.1) is 0 Å². The van der Waals surface area contributed by atoms with Gasteiger partial charge < -0.3 is 14.8 Å². The third-order valence-corrected chi connectivity index (χ3v) is 5.28. The number of ether oxygens (including phenoxy) is 2. The van der Waals surface area contributed by atoms with Gasteiger partial charge in [0, 0.05) is 32.2 Å². The highest BCUT2D eigenvalue weighted by Crippen LogP contribution is 2.38. The number of hydrogen-bond donors (Lipinski definition) is 1. The third kappa shape index (κ3) is 6.75. The second kappa shape index (κ2) is 13.1. The van der Waals surface area contributed by atoms with Crippen LogP contribution in [-0.4, -0.2) is 31.1 Å². The minimum absolute atomic E-state index is 0. The molecular formula is C26H30Cl2N2O2. The molecule has 0 aliphatic carbocycles. The number of rotatable bonds is 8. The summed E-state index contributed by atoms with van der Waals surface area (Å²) in [4.78, 5) is 2.51. The van der Waals surface area contributed by atoms with Gasteiger partial charge >= 0.3 is 0 Å². The summed E-state index contributed by atoms with van der Waals surface area (Å²) >= 11 is 0. The van der Waals surface area contributed by atoms with Crippen molar-refractivity contribution in [1.82, 2.24) is 10.2 Å². The van der Waals surface area contributed by atoms with Crippen molar-refractivity contribution >= 4 is 24.8 Å². The lowest BCUT2D eigenvalue weighted by molar-refractivity contribution is 0.174. The van der Waals surface area contributed by atoms with E-state index in [0.29, 0.717) is 11.5 Å². The predicted octanol–water partition coefficient (Wildman–Crippen LogP) is 6.64. The number of hydrogen-bond acceptors (Lipinski definition) is 4. The van der Waals surface area contributed by atoms with E-state index in [0.717, 1.165) is 44.1 Å². The quantitative estimate of drug-likeness (QED) is 0.372. The van der Waals surface area contributed by atoms with Crippen molar-refractivity contribution in [2.45, 2.75) is 12.5 Å². The molecule has 0 bridgehead atoms. The van der Waals surface area contributed by atoms with Crippen molar-refractivity contribution in [3.8, 4) is 23.0 Å². The van der Waals surface area contributed by atoms with Gasteiger partial charge in [0.25, 0.3) is 0 Å². The third-order valence-electron chi connectivity index (χ3n) is 5.28. The van der Waals surface area contributed by atoms with E-state index in [4.69, 9.17) is 9.47 Å². The molecule has 1 fully saturated rings. The largest absolute Gasteiger partial charge is 0.453 e. The Balaban J connectivity index is 0.00000181. The van der Waals surface area contributed by atoms with Gasteiger partial charge in [-0.25, -0.2) is 0 Å².